The number of aryl methyl sites for hydroxylation is 2. The van der Waals surface area contributed by atoms with Gasteiger partial charge in [0.15, 0.2) is 0 Å². The second-order valence-electron chi connectivity index (χ2n) is 7.81. The molecule has 0 bridgehead atoms. The smallest absolute Gasteiger partial charge is 0.243 e. The van der Waals surface area contributed by atoms with E-state index < -0.39 is 0 Å². The van der Waals surface area contributed by atoms with Gasteiger partial charge < -0.3 is 4.74 Å². The van der Waals surface area contributed by atoms with E-state index in [1.807, 2.05) is 24.3 Å². The van der Waals surface area contributed by atoms with E-state index in [-0.39, 0.29) is 11.4 Å². The third-order valence-corrected chi connectivity index (χ3v) is 5.01. The summed E-state index contributed by atoms with van der Waals surface area (Å²) in [6.07, 6.45) is 2.99. The Balaban J connectivity index is 1.65. The first-order valence-corrected chi connectivity index (χ1v) is 9.49. The number of hydrogen-bond donors (Lipinski definition) is 0. The van der Waals surface area contributed by atoms with E-state index in [0.717, 1.165) is 36.3 Å². The van der Waals surface area contributed by atoms with Crippen LogP contribution in [0.15, 0.2) is 53.6 Å². The summed E-state index contributed by atoms with van der Waals surface area (Å²) in [5.41, 5.74) is 4.17. The zero-order valence-corrected chi connectivity index (χ0v) is 16.7. The molecule has 2 aromatic carbocycles. The minimum absolute atomic E-state index is 0.0880. The Morgan fingerprint density at radius 2 is 1.93 bits per heavy atom. The molecule has 0 aromatic heterocycles. The van der Waals surface area contributed by atoms with Crippen molar-refractivity contribution >= 4 is 11.6 Å². The molecule has 0 aliphatic carbocycles. The molecule has 1 aliphatic heterocycles. The Kier molecular flexibility index (Phi) is 5.64. The van der Waals surface area contributed by atoms with E-state index in [0.29, 0.717) is 6.42 Å². The highest BCUT2D eigenvalue weighted by molar-refractivity contribution is 6.03. The summed E-state index contributed by atoms with van der Waals surface area (Å²) >= 11 is 0. The number of hydrazone groups is 1. The number of hydrogen-bond acceptors (Lipinski definition) is 3. The molecule has 0 saturated heterocycles. The van der Waals surface area contributed by atoms with Crippen molar-refractivity contribution in [2.24, 2.45) is 5.10 Å². The molecule has 27 heavy (non-hydrogen) atoms. The fourth-order valence-electron chi connectivity index (χ4n) is 3.44. The summed E-state index contributed by atoms with van der Waals surface area (Å²) in [6, 6.07) is 16.4. The number of amides is 1. The van der Waals surface area contributed by atoms with Crippen molar-refractivity contribution in [1.29, 1.82) is 0 Å². The van der Waals surface area contributed by atoms with E-state index >= 15 is 0 Å². The molecule has 1 aliphatic rings. The van der Waals surface area contributed by atoms with Crippen molar-refractivity contribution < 1.29 is 9.53 Å². The molecular weight excluding hydrogens is 336 g/mol. The molecule has 0 radical (unpaired) electrons. The van der Waals surface area contributed by atoms with Gasteiger partial charge in [0.25, 0.3) is 0 Å². The number of rotatable bonds is 6. The SMILES string of the molecule is COc1cccc(C2=NN(C(=O)CCCc3ccc(C)cc3)C(C)(C)C2)c1. The topological polar surface area (TPSA) is 41.9 Å². The van der Waals surface area contributed by atoms with Crippen LogP contribution in [-0.4, -0.2) is 29.3 Å². The summed E-state index contributed by atoms with van der Waals surface area (Å²) < 4.78 is 5.31. The van der Waals surface area contributed by atoms with E-state index in [4.69, 9.17) is 4.74 Å². The Hall–Kier alpha value is -2.62. The van der Waals surface area contributed by atoms with E-state index in [9.17, 15) is 4.79 Å². The minimum Gasteiger partial charge on any atom is -0.497 e. The second kappa shape index (κ2) is 7.95. The van der Waals surface area contributed by atoms with Crippen LogP contribution in [0.2, 0.25) is 0 Å². The Morgan fingerprint density at radius 1 is 1.19 bits per heavy atom. The predicted molar refractivity (Wildman–Crippen MR) is 109 cm³/mol. The number of methoxy groups -OCH3 is 1. The lowest BCUT2D eigenvalue weighted by Gasteiger charge is -2.28. The maximum absolute atomic E-state index is 12.8. The summed E-state index contributed by atoms with van der Waals surface area (Å²) in [5.74, 6) is 0.890. The summed E-state index contributed by atoms with van der Waals surface area (Å²) in [4.78, 5) is 12.8. The highest BCUT2D eigenvalue weighted by atomic mass is 16.5. The van der Waals surface area contributed by atoms with Gasteiger partial charge in [0.1, 0.15) is 5.75 Å². The molecular formula is C23H28N2O2. The molecule has 4 heteroatoms. The lowest BCUT2D eigenvalue weighted by Crippen LogP contribution is -2.40. The van der Waals surface area contributed by atoms with Crippen LogP contribution in [0.25, 0.3) is 0 Å². The molecule has 0 N–H and O–H groups in total. The predicted octanol–water partition coefficient (Wildman–Crippen LogP) is 4.74. The van der Waals surface area contributed by atoms with Gasteiger partial charge in [0, 0.05) is 18.4 Å². The highest BCUT2D eigenvalue weighted by Crippen LogP contribution is 2.31. The standard InChI is InChI=1S/C23H28N2O2/c1-17-11-13-18(14-12-17)7-5-10-22(26)25-23(2,3)16-21(24-25)19-8-6-9-20(15-19)27-4/h6,8-9,11-15H,5,7,10,16H2,1-4H3. The van der Waals surface area contributed by atoms with E-state index in [1.165, 1.54) is 11.1 Å². The summed E-state index contributed by atoms with van der Waals surface area (Å²) in [7, 11) is 1.66. The van der Waals surface area contributed by atoms with Gasteiger partial charge in [-0.15, -0.1) is 0 Å². The maximum Gasteiger partial charge on any atom is 0.243 e. The van der Waals surface area contributed by atoms with Gasteiger partial charge >= 0.3 is 0 Å². The molecule has 3 rings (SSSR count). The lowest BCUT2D eigenvalue weighted by molar-refractivity contribution is -0.135. The molecule has 0 spiro atoms. The first-order valence-electron chi connectivity index (χ1n) is 9.49. The van der Waals surface area contributed by atoms with Gasteiger partial charge in [0.05, 0.1) is 18.4 Å². The fourth-order valence-corrected chi connectivity index (χ4v) is 3.44. The fraction of sp³-hybridized carbons (Fsp3) is 0.391. The number of benzene rings is 2. The van der Waals surface area contributed by atoms with Gasteiger partial charge in [-0.2, -0.15) is 5.10 Å². The van der Waals surface area contributed by atoms with Crippen LogP contribution >= 0.6 is 0 Å². The lowest BCUT2D eigenvalue weighted by atomic mass is 9.94. The minimum atomic E-state index is -0.306. The third-order valence-electron chi connectivity index (χ3n) is 5.01. The molecule has 0 saturated carbocycles. The van der Waals surface area contributed by atoms with Crippen LogP contribution in [-0.2, 0) is 11.2 Å². The van der Waals surface area contributed by atoms with Crippen molar-refractivity contribution in [2.75, 3.05) is 7.11 Å². The van der Waals surface area contributed by atoms with Crippen molar-refractivity contribution in [3.05, 3.63) is 65.2 Å². The Labute approximate surface area is 161 Å². The molecule has 2 aromatic rings. The van der Waals surface area contributed by atoms with Gasteiger partial charge in [-0.25, -0.2) is 5.01 Å². The molecule has 0 fully saturated rings. The van der Waals surface area contributed by atoms with Crippen LogP contribution in [0.1, 0.15) is 49.8 Å². The normalized spacial score (nSPS) is 15.6. The van der Waals surface area contributed by atoms with Crippen LogP contribution in [0.3, 0.4) is 0 Å². The van der Waals surface area contributed by atoms with Gasteiger partial charge in [-0.1, -0.05) is 42.0 Å². The molecule has 142 valence electrons. The van der Waals surface area contributed by atoms with Crippen molar-refractivity contribution in [1.82, 2.24) is 5.01 Å². The first-order chi connectivity index (χ1) is 12.9. The van der Waals surface area contributed by atoms with Gasteiger partial charge in [-0.05, 0) is 51.3 Å². The monoisotopic (exact) mass is 364 g/mol. The number of nitrogens with zero attached hydrogens (tertiary/aromatic N) is 2. The summed E-state index contributed by atoms with van der Waals surface area (Å²) in [5, 5.41) is 6.35. The highest BCUT2D eigenvalue weighted by Gasteiger charge is 2.38. The van der Waals surface area contributed by atoms with E-state index in [1.54, 1.807) is 12.1 Å². The average molecular weight is 364 g/mol. The van der Waals surface area contributed by atoms with Gasteiger partial charge in [-0.3, -0.25) is 4.79 Å². The van der Waals surface area contributed by atoms with Crippen LogP contribution < -0.4 is 4.74 Å². The van der Waals surface area contributed by atoms with E-state index in [2.05, 4.69) is 50.1 Å². The van der Waals surface area contributed by atoms with Crippen LogP contribution in [0.5, 0.6) is 5.75 Å². The molecule has 0 unspecified atom stereocenters. The van der Waals surface area contributed by atoms with Crippen molar-refractivity contribution in [3.63, 3.8) is 0 Å². The maximum atomic E-state index is 12.8. The number of carbonyl (C=O) groups excluding carboxylic acids is 1. The van der Waals surface area contributed by atoms with Crippen LogP contribution in [0, 0.1) is 6.92 Å². The first kappa shape index (κ1) is 19.2. The van der Waals surface area contributed by atoms with Crippen molar-refractivity contribution in [2.45, 2.75) is 52.0 Å². The summed E-state index contributed by atoms with van der Waals surface area (Å²) in [6.45, 7) is 6.23. The molecule has 0 atom stereocenters. The van der Waals surface area contributed by atoms with Gasteiger partial charge in [0.2, 0.25) is 5.91 Å². The number of carbonyl (C=O) groups is 1. The average Bonchev–Trinajstić information content (AvgIpc) is 2.99. The van der Waals surface area contributed by atoms with Crippen molar-refractivity contribution in [3.8, 4) is 5.75 Å². The quantitative estimate of drug-likeness (QED) is 0.743. The number of ether oxygens (including phenoxy) is 1. The zero-order valence-electron chi connectivity index (χ0n) is 16.7. The zero-order chi connectivity index (χ0) is 19.4. The molecule has 4 nitrogen and oxygen atoms in total. The second-order valence-corrected chi connectivity index (χ2v) is 7.81. The molecule has 1 amide bonds. The Morgan fingerprint density at radius 3 is 2.63 bits per heavy atom. The van der Waals surface area contributed by atoms with Crippen LogP contribution in [0.4, 0.5) is 0 Å². The largest absolute Gasteiger partial charge is 0.497 e. The molecule has 1 heterocycles. The third kappa shape index (κ3) is 4.57. The Bertz CT molecular complexity index is 838.